The molecule has 1 saturated carbocycles. The van der Waals surface area contributed by atoms with Gasteiger partial charge in [0.2, 0.25) is 10.0 Å². The van der Waals surface area contributed by atoms with Crippen LogP contribution < -0.4 is 0 Å². The SMILES string of the molecule is O=C(O)C(=O)O.O=S(=O)(c1ccc(Cl)cc1)N1CCN(C2CCCC2)CC1. The van der Waals surface area contributed by atoms with Gasteiger partial charge in [0.25, 0.3) is 0 Å². The van der Waals surface area contributed by atoms with E-state index in [0.29, 0.717) is 29.0 Å². The lowest BCUT2D eigenvalue weighted by Gasteiger charge is -2.37. The van der Waals surface area contributed by atoms with Gasteiger partial charge in [0.1, 0.15) is 0 Å². The van der Waals surface area contributed by atoms with Gasteiger partial charge in [0.15, 0.2) is 0 Å². The van der Waals surface area contributed by atoms with E-state index in [-0.39, 0.29) is 0 Å². The van der Waals surface area contributed by atoms with Crippen molar-refractivity contribution in [2.24, 2.45) is 0 Å². The van der Waals surface area contributed by atoms with Crippen LogP contribution in [0.2, 0.25) is 5.02 Å². The van der Waals surface area contributed by atoms with E-state index in [9.17, 15) is 8.42 Å². The number of carboxylic acids is 2. The number of aliphatic carboxylic acids is 2. The Morgan fingerprint density at radius 2 is 1.41 bits per heavy atom. The number of halogens is 1. The van der Waals surface area contributed by atoms with Gasteiger partial charge in [-0.05, 0) is 37.1 Å². The van der Waals surface area contributed by atoms with Crippen LogP contribution in [0.4, 0.5) is 0 Å². The first-order valence-corrected chi connectivity index (χ1v) is 10.5. The molecule has 27 heavy (non-hydrogen) atoms. The average Bonchev–Trinajstić information content (AvgIpc) is 3.17. The highest BCUT2D eigenvalue weighted by Crippen LogP contribution is 2.26. The second kappa shape index (κ2) is 9.50. The molecule has 0 aromatic heterocycles. The van der Waals surface area contributed by atoms with Crippen molar-refractivity contribution in [3.63, 3.8) is 0 Å². The van der Waals surface area contributed by atoms with E-state index in [1.807, 2.05) is 0 Å². The minimum absolute atomic E-state index is 0.334. The Morgan fingerprint density at radius 1 is 0.926 bits per heavy atom. The molecule has 0 spiro atoms. The zero-order chi connectivity index (χ0) is 20.0. The number of nitrogens with zero attached hydrogens (tertiary/aromatic N) is 2. The molecular weight excluding hydrogens is 396 g/mol. The van der Waals surface area contributed by atoms with Gasteiger partial charge in [-0.1, -0.05) is 24.4 Å². The number of hydrogen-bond donors (Lipinski definition) is 2. The smallest absolute Gasteiger partial charge is 0.414 e. The molecule has 0 amide bonds. The standard InChI is InChI=1S/C15H21ClN2O2S.C2H2O4/c16-13-5-7-15(8-6-13)21(19,20)18-11-9-17(10-12-18)14-3-1-2-4-14;3-1(4)2(5)6/h5-8,14H,1-4,9-12H2;(H,3,4)(H,5,6). The predicted octanol–water partition coefficient (Wildman–Crippen LogP) is 1.74. The molecule has 0 unspecified atom stereocenters. The quantitative estimate of drug-likeness (QED) is 0.718. The molecule has 10 heteroatoms. The van der Waals surface area contributed by atoms with Gasteiger partial charge < -0.3 is 10.2 Å². The number of sulfonamides is 1. The van der Waals surface area contributed by atoms with Crippen molar-refractivity contribution in [3.8, 4) is 0 Å². The van der Waals surface area contributed by atoms with Crippen molar-refractivity contribution in [1.82, 2.24) is 9.21 Å². The van der Waals surface area contributed by atoms with Crippen LogP contribution >= 0.6 is 11.6 Å². The average molecular weight is 419 g/mol. The lowest BCUT2D eigenvalue weighted by Crippen LogP contribution is -2.51. The van der Waals surface area contributed by atoms with Crippen LogP contribution in [0.1, 0.15) is 25.7 Å². The zero-order valence-corrected chi connectivity index (χ0v) is 16.3. The number of hydrogen-bond acceptors (Lipinski definition) is 5. The Hall–Kier alpha value is -1.68. The van der Waals surface area contributed by atoms with Gasteiger partial charge in [0.05, 0.1) is 4.90 Å². The van der Waals surface area contributed by atoms with Crippen molar-refractivity contribution in [2.75, 3.05) is 26.2 Å². The van der Waals surface area contributed by atoms with E-state index < -0.39 is 22.0 Å². The molecule has 2 aliphatic rings. The predicted molar refractivity (Wildman–Crippen MR) is 99.3 cm³/mol. The molecule has 0 radical (unpaired) electrons. The summed E-state index contributed by atoms with van der Waals surface area (Å²) < 4.78 is 26.8. The molecule has 0 atom stereocenters. The summed E-state index contributed by atoms with van der Waals surface area (Å²) in [5, 5.41) is 15.3. The van der Waals surface area contributed by atoms with Gasteiger partial charge in [-0.3, -0.25) is 4.90 Å². The highest BCUT2D eigenvalue weighted by atomic mass is 35.5. The summed E-state index contributed by atoms with van der Waals surface area (Å²) in [7, 11) is -3.38. The molecule has 8 nitrogen and oxygen atoms in total. The normalized spacial score (nSPS) is 19.3. The maximum Gasteiger partial charge on any atom is 0.414 e. The first kappa shape index (κ1) is 21.6. The molecule has 1 heterocycles. The van der Waals surface area contributed by atoms with Crippen LogP contribution in [0.3, 0.4) is 0 Å². The molecule has 2 N–H and O–H groups in total. The third-order valence-corrected chi connectivity index (χ3v) is 6.91. The van der Waals surface area contributed by atoms with E-state index in [1.165, 1.54) is 25.7 Å². The minimum atomic E-state index is -3.38. The maximum absolute atomic E-state index is 12.6. The van der Waals surface area contributed by atoms with E-state index >= 15 is 0 Å². The van der Waals surface area contributed by atoms with Gasteiger partial charge in [-0.15, -0.1) is 0 Å². The molecule has 1 aliphatic carbocycles. The minimum Gasteiger partial charge on any atom is -0.473 e. The Bertz CT molecular complexity index is 742. The lowest BCUT2D eigenvalue weighted by molar-refractivity contribution is -0.159. The fourth-order valence-corrected chi connectivity index (χ4v) is 4.88. The third kappa shape index (κ3) is 5.90. The molecule has 150 valence electrons. The Kier molecular flexibility index (Phi) is 7.60. The summed E-state index contributed by atoms with van der Waals surface area (Å²) in [4.78, 5) is 21.0. The summed E-state index contributed by atoms with van der Waals surface area (Å²) in [5.74, 6) is -3.65. The summed E-state index contributed by atoms with van der Waals surface area (Å²) in [6, 6.07) is 7.10. The highest BCUT2D eigenvalue weighted by Gasteiger charge is 2.31. The Balaban J connectivity index is 0.000000380. The zero-order valence-electron chi connectivity index (χ0n) is 14.8. The van der Waals surface area contributed by atoms with Crippen molar-refractivity contribution in [3.05, 3.63) is 29.3 Å². The van der Waals surface area contributed by atoms with Crippen LogP contribution in [0.15, 0.2) is 29.2 Å². The number of rotatable bonds is 3. The summed E-state index contributed by atoms with van der Waals surface area (Å²) in [6.07, 6.45) is 5.16. The third-order valence-electron chi connectivity index (χ3n) is 4.75. The Morgan fingerprint density at radius 3 is 1.85 bits per heavy atom. The lowest BCUT2D eigenvalue weighted by atomic mass is 10.2. The van der Waals surface area contributed by atoms with E-state index in [4.69, 9.17) is 31.4 Å². The number of carbonyl (C=O) groups is 2. The van der Waals surface area contributed by atoms with Crippen LogP contribution in [-0.4, -0.2) is 72.0 Å². The topological polar surface area (TPSA) is 115 Å². The van der Waals surface area contributed by atoms with Crippen molar-refractivity contribution in [1.29, 1.82) is 0 Å². The van der Waals surface area contributed by atoms with E-state index in [1.54, 1.807) is 28.6 Å². The summed E-state index contributed by atoms with van der Waals surface area (Å²) in [6.45, 7) is 2.86. The fourth-order valence-electron chi connectivity index (χ4n) is 3.33. The highest BCUT2D eigenvalue weighted by molar-refractivity contribution is 7.89. The van der Waals surface area contributed by atoms with Gasteiger partial charge in [-0.2, -0.15) is 4.31 Å². The molecular formula is C17H23ClN2O6S. The second-order valence-electron chi connectivity index (χ2n) is 6.44. The van der Waals surface area contributed by atoms with E-state index in [2.05, 4.69) is 4.90 Å². The number of benzene rings is 1. The number of carboxylic acid groups (broad SMARTS) is 2. The molecule has 1 aliphatic heterocycles. The van der Waals surface area contributed by atoms with Crippen LogP contribution in [0, 0.1) is 0 Å². The largest absolute Gasteiger partial charge is 0.473 e. The van der Waals surface area contributed by atoms with Crippen molar-refractivity contribution in [2.45, 2.75) is 36.6 Å². The van der Waals surface area contributed by atoms with Gasteiger partial charge in [0, 0.05) is 37.2 Å². The monoisotopic (exact) mass is 418 g/mol. The molecule has 1 saturated heterocycles. The van der Waals surface area contributed by atoms with Gasteiger partial charge in [-0.25, -0.2) is 18.0 Å². The van der Waals surface area contributed by atoms with Crippen molar-refractivity contribution < 1.29 is 28.2 Å². The first-order valence-electron chi connectivity index (χ1n) is 8.68. The molecule has 3 rings (SSSR count). The first-order chi connectivity index (χ1) is 12.7. The summed E-state index contributed by atoms with van der Waals surface area (Å²) in [5.41, 5.74) is 0. The molecule has 0 bridgehead atoms. The van der Waals surface area contributed by atoms with Crippen LogP contribution in [-0.2, 0) is 19.6 Å². The fraction of sp³-hybridized carbons (Fsp3) is 0.529. The Labute approximate surface area is 163 Å². The molecule has 2 fully saturated rings. The van der Waals surface area contributed by atoms with Crippen LogP contribution in [0.25, 0.3) is 0 Å². The van der Waals surface area contributed by atoms with Crippen molar-refractivity contribution >= 4 is 33.6 Å². The second-order valence-corrected chi connectivity index (χ2v) is 8.82. The van der Waals surface area contributed by atoms with E-state index in [0.717, 1.165) is 13.1 Å². The van der Waals surface area contributed by atoms with Gasteiger partial charge >= 0.3 is 11.9 Å². The molecule has 1 aromatic rings. The van der Waals surface area contributed by atoms with Crippen LogP contribution in [0.5, 0.6) is 0 Å². The molecule has 1 aromatic carbocycles. The summed E-state index contributed by atoms with van der Waals surface area (Å²) >= 11 is 5.82. The maximum atomic E-state index is 12.6. The number of piperazine rings is 1.